The molecule has 0 amide bonds. The van der Waals surface area contributed by atoms with Crippen molar-refractivity contribution in [2.24, 2.45) is 11.8 Å². The zero-order valence-corrected chi connectivity index (χ0v) is 15.0. The zero-order valence-electron chi connectivity index (χ0n) is 15.0. The van der Waals surface area contributed by atoms with Crippen LogP contribution in [0.2, 0.25) is 0 Å². The van der Waals surface area contributed by atoms with Crippen LogP contribution in [0.25, 0.3) is 0 Å². The molecule has 0 aliphatic rings. The fourth-order valence-electron chi connectivity index (χ4n) is 2.04. The molecule has 0 radical (unpaired) electrons. The molecule has 0 unspecified atom stereocenters. The monoisotopic (exact) mass is 312 g/mol. The van der Waals surface area contributed by atoms with E-state index in [-0.39, 0.29) is 23.8 Å². The summed E-state index contributed by atoms with van der Waals surface area (Å²) in [5.74, 6) is -0.213. The van der Waals surface area contributed by atoms with Crippen molar-refractivity contribution in [1.82, 2.24) is 0 Å². The summed E-state index contributed by atoms with van der Waals surface area (Å²) in [4.78, 5) is 24.7. The van der Waals surface area contributed by atoms with Gasteiger partial charge in [0.2, 0.25) is 0 Å². The minimum atomic E-state index is -0.375. The summed E-state index contributed by atoms with van der Waals surface area (Å²) in [7, 11) is 0. The smallest absolute Gasteiger partial charge is 0.334 e. The van der Waals surface area contributed by atoms with Crippen molar-refractivity contribution in [1.29, 1.82) is 0 Å². The minimum absolute atomic E-state index is 0.269. The van der Waals surface area contributed by atoms with Crippen molar-refractivity contribution in [3.63, 3.8) is 0 Å². The van der Waals surface area contributed by atoms with Gasteiger partial charge < -0.3 is 9.47 Å². The van der Waals surface area contributed by atoms with E-state index in [2.05, 4.69) is 0 Å². The zero-order chi connectivity index (χ0) is 17.1. The van der Waals surface area contributed by atoms with Gasteiger partial charge in [-0.05, 0) is 37.5 Å². The van der Waals surface area contributed by atoms with E-state index in [0.29, 0.717) is 37.2 Å². The van der Waals surface area contributed by atoms with Gasteiger partial charge in [-0.2, -0.15) is 0 Å². The van der Waals surface area contributed by atoms with Gasteiger partial charge in [-0.15, -0.1) is 0 Å². The van der Waals surface area contributed by atoms with Crippen LogP contribution in [0.15, 0.2) is 11.1 Å². The molecule has 0 N–H and O–H groups in total. The van der Waals surface area contributed by atoms with Gasteiger partial charge in [-0.25, -0.2) is 9.59 Å². The van der Waals surface area contributed by atoms with E-state index >= 15 is 0 Å². The average molecular weight is 312 g/mol. The van der Waals surface area contributed by atoms with Crippen LogP contribution in [-0.4, -0.2) is 25.2 Å². The van der Waals surface area contributed by atoms with Gasteiger partial charge >= 0.3 is 11.9 Å². The van der Waals surface area contributed by atoms with Crippen LogP contribution in [0, 0.1) is 11.8 Å². The summed E-state index contributed by atoms with van der Waals surface area (Å²) in [6.45, 7) is 12.7. The molecule has 0 spiro atoms. The lowest BCUT2D eigenvalue weighted by molar-refractivity contribution is -0.142. The van der Waals surface area contributed by atoms with Crippen molar-refractivity contribution in [3.8, 4) is 0 Å². The molecule has 0 aliphatic carbocycles. The van der Waals surface area contributed by atoms with Gasteiger partial charge in [-0.3, -0.25) is 0 Å². The number of rotatable bonds is 10. The Morgan fingerprint density at radius 2 is 1.05 bits per heavy atom. The van der Waals surface area contributed by atoms with Crippen LogP contribution in [0.3, 0.4) is 0 Å². The molecule has 0 aromatic rings. The molecule has 0 rings (SSSR count). The van der Waals surface area contributed by atoms with Crippen LogP contribution < -0.4 is 0 Å². The third-order valence-corrected chi connectivity index (χ3v) is 2.96. The normalized spacial score (nSPS) is 12.4. The molecule has 0 aliphatic heterocycles. The SMILES string of the molecule is CCCOC(=O)/C(CC(C)C)=C(/CC(C)C)C(=O)OCCC. The van der Waals surface area contributed by atoms with Crippen LogP contribution in [0.4, 0.5) is 0 Å². The molecule has 0 aromatic carbocycles. The first kappa shape index (κ1) is 20.7. The van der Waals surface area contributed by atoms with Gasteiger partial charge in [0.1, 0.15) is 0 Å². The molecule has 0 bridgehead atoms. The molecule has 4 heteroatoms. The van der Waals surface area contributed by atoms with Gasteiger partial charge in [0, 0.05) is 11.1 Å². The van der Waals surface area contributed by atoms with Crippen molar-refractivity contribution < 1.29 is 19.1 Å². The van der Waals surface area contributed by atoms with Gasteiger partial charge in [0.05, 0.1) is 13.2 Å². The van der Waals surface area contributed by atoms with E-state index in [9.17, 15) is 9.59 Å². The first-order valence-corrected chi connectivity index (χ1v) is 8.39. The quantitative estimate of drug-likeness (QED) is 0.446. The highest BCUT2D eigenvalue weighted by Crippen LogP contribution is 2.23. The number of hydrogen-bond acceptors (Lipinski definition) is 4. The second-order valence-electron chi connectivity index (χ2n) is 6.42. The Morgan fingerprint density at radius 3 is 1.27 bits per heavy atom. The number of ether oxygens (including phenoxy) is 2. The maximum atomic E-state index is 12.4. The highest BCUT2D eigenvalue weighted by Gasteiger charge is 2.24. The summed E-state index contributed by atoms with van der Waals surface area (Å²) in [5, 5.41) is 0. The second-order valence-corrected chi connectivity index (χ2v) is 6.42. The third-order valence-electron chi connectivity index (χ3n) is 2.96. The predicted octanol–water partition coefficient (Wildman–Crippen LogP) is 4.28. The van der Waals surface area contributed by atoms with Crippen LogP contribution in [-0.2, 0) is 19.1 Å². The summed E-state index contributed by atoms with van der Waals surface area (Å²) < 4.78 is 10.5. The second kappa shape index (κ2) is 11.3. The Bertz CT molecular complexity index is 345. The maximum Gasteiger partial charge on any atom is 0.334 e. The molecule has 0 saturated heterocycles. The third kappa shape index (κ3) is 8.20. The number of esters is 2. The molecular formula is C18H32O4. The van der Waals surface area contributed by atoms with E-state index in [1.807, 2.05) is 41.5 Å². The van der Waals surface area contributed by atoms with Gasteiger partial charge in [0.15, 0.2) is 0 Å². The molecule has 22 heavy (non-hydrogen) atoms. The fraction of sp³-hybridized carbons (Fsp3) is 0.778. The molecule has 128 valence electrons. The largest absolute Gasteiger partial charge is 0.462 e. The lowest BCUT2D eigenvalue weighted by Crippen LogP contribution is -2.20. The summed E-state index contributed by atoms with van der Waals surface area (Å²) in [5.41, 5.74) is 0.969. The predicted molar refractivity (Wildman–Crippen MR) is 88.4 cm³/mol. The molecule has 0 aromatic heterocycles. The lowest BCUT2D eigenvalue weighted by Gasteiger charge is -2.17. The maximum absolute atomic E-state index is 12.4. The molecular weight excluding hydrogens is 280 g/mol. The highest BCUT2D eigenvalue weighted by atomic mass is 16.5. The van der Waals surface area contributed by atoms with E-state index in [1.165, 1.54) is 0 Å². The van der Waals surface area contributed by atoms with Crippen molar-refractivity contribution in [2.45, 2.75) is 67.2 Å². The van der Waals surface area contributed by atoms with E-state index in [0.717, 1.165) is 12.8 Å². The average Bonchev–Trinajstić information content (AvgIpc) is 2.45. The molecule has 0 fully saturated rings. The first-order valence-electron chi connectivity index (χ1n) is 8.39. The minimum Gasteiger partial charge on any atom is -0.462 e. The molecule has 4 nitrogen and oxygen atoms in total. The Balaban J connectivity index is 5.51. The number of carbonyl (C=O) groups is 2. The van der Waals surface area contributed by atoms with Crippen molar-refractivity contribution in [2.75, 3.05) is 13.2 Å². The lowest BCUT2D eigenvalue weighted by atomic mass is 9.92. The van der Waals surface area contributed by atoms with E-state index in [4.69, 9.17) is 9.47 Å². The number of carbonyl (C=O) groups excluding carboxylic acids is 2. The standard InChI is InChI=1S/C18H32O4/c1-7-9-21-17(19)15(11-13(3)4)16(12-14(5)6)18(20)22-10-8-2/h13-14H,7-12H2,1-6H3/b16-15-. The van der Waals surface area contributed by atoms with Gasteiger partial charge in [-0.1, -0.05) is 41.5 Å². The topological polar surface area (TPSA) is 52.6 Å². The van der Waals surface area contributed by atoms with Crippen LogP contribution in [0.5, 0.6) is 0 Å². The van der Waals surface area contributed by atoms with E-state index in [1.54, 1.807) is 0 Å². The van der Waals surface area contributed by atoms with Crippen molar-refractivity contribution >= 4 is 11.9 Å². The summed E-state index contributed by atoms with van der Waals surface area (Å²) in [6.07, 6.45) is 2.60. The first-order chi connectivity index (χ1) is 10.3. The Labute approximate surface area is 135 Å². The summed E-state index contributed by atoms with van der Waals surface area (Å²) in [6, 6.07) is 0. The highest BCUT2D eigenvalue weighted by molar-refractivity contribution is 6.00. The van der Waals surface area contributed by atoms with Crippen LogP contribution >= 0.6 is 0 Å². The molecule has 0 heterocycles. The molecule has 0 atom stereocenters. The Morgan fingerprint density at radius 1 is 0.727 bits per heavy atom. The molecule has 0 saturated carbocycles. The fourth-order valence-corrected chi connectivity index (χ4v) is 2.04. The summed E-state index contributed by atoms with van der Waals surface area (Å²) >= 11 is 0. The van der Waals surface area contributed by atoms with E-state index < -0.39 is 0 Å². The van der Waals surface area contributed by atoms with Gasteiger partial charge in [0.25, 0.3) is 0 Å². The van der Waals surface area contributed by atoms with Crippen molar-refractivity contribution in [3.05, 3.63) is 11.1 Å². The number of hydrogen-bond donors (Lipinski definition) is 0. The Hall–Kier alpha value is -1.32. The van der Waals surface area contributed by atoms with Crippen LogP contribution in [0.1, 0.15) is 67.2 Å². The Kier molecular flexibility index (Phi) is 10.6.